The van der Waals surface area contributed by atoms with Gasteiger partial charge >= 0.3 is 0 Å². The van der Waals surface area contributed by atoms with E-state index in [1.54, 1.807) is 0 Å². The van der Waals surface area contributed by atoms with Crippen molar-refractivity contribution in [2.75, 3.05) is 0 Å². The Morgan fingerprint density at radius 3 is 2.76 bits per heavy atom. The van der Waals surface area contributed by atoms with Crippen LogP contribution in [0, 0.1) is 6.92 Å². The molecule has 2 aromatic heterocycles. The third-order valence-corrected chi connectivity index (χ3v) is 4.85. The summed E-state index contributed by atoms with van der Waals surface area (Å²) in [4.78, 5) is 7.30. The van der Waals surface area contributed by atoms with E-state index in [9.17, 15) is 0 Å². The summed E-state index contributed by atoms with van der Waals surface area (Å²) < 4.78 is 6.00. The van der Waals surface area contributed by atoms with E-state index in [0.29, 0.717) is 12.6 Å². The van der Waals surface area contributed by atoms with Gasteiger partial charge in [-0.2, -0.15) is 0 Å². The number of nitrogens with zero attached hydrogens (tertiary/aromatic N) is 1. The van der Waals surface area contributed by atoms with Crippen LogP contribution in [0.1, 0.15) is 40.9 Å². The van der Waals surface area contributed by atoms with Crippen LogP contribution in [0.5, 0.6) is 5.75 Å². The highest BCUT2D eigenvalue weighted by Gasteiger charge is 2.21. The first-order valence-corrected chi connectivity index (χ1v) is 8.46. The van der Waals surface area contributed by atoms with Gasteiger partial charge in [-0.3, -0.25) is 4.98 Å². The Morgan fingerprint density at radius 2 is 2.05 bits per heavy atom. The zero-order chi connectivity index (χ0) is 14.7. The first-order valence-electron chi connectivity index (χ1n) is 7.65. The molecule has 0 amide bonds. The van der Waals surface area contributed by atoms with Crippen LogP contribution in [0.25, 0.3) is 0 Å². The molecule has 0 unspecified atom stereocenters. The molecule has 1 N–H and O–H groups in total. The van der Waals surface area contributed by atoms with Gasteiger partial charge in [-0.05, 0) is 50.5 Å². The van der Waals surface area contributed by atoms with Crippen LogP contribution in [-0.2, 0) is 19.6 Å². The molecule has 3 rings (SSSR count). The molecule has 1 fully saturated rings. The maximum Gasteiger partial charge on any atom is 0.142 e. The third-order valence-electron chi connectivity index (χ3n) is 3.64. The average Bonchev–Trinajstić information content (AvgIpc) is 3.21. The number of rotatable bonds is 7. The minimum absolute atomic E-state index is 0.631. The minimum atomic E-state index is 0.631. The number of hydrogen-bond acceptors (Lipinski definition) is 4. The summed E-state index contributed by atoms with van der Waals surface area (Å²) in [6.07, 6.45) is 3.67. The molecule has 21 heavy (non-hydrogen) atoms. The van der Waals surface area contributed by atoms with E-state index in [-0.39, 0.29) is 0 Å². The first kappa shape index (κ1) is 14.5. The molecule has 1 aliphatic rings. The molecule has 1 aliphatic carbocycles. The van der Waals surface area contributed by atoms with Crippen molar-refractivity contribution in [3.05, 3.63) is 45.4 Å². The van der Waals surface area contributed by atoms with Crippen molar-refractivity contribution in [1.29, 1.82) is 0 Å². The van der Waals surface area contributed by atoms with Crippen molar-refractivity contribution in [2.45, 2.75) is 52.3 Å². The van der Waals surface area contributed by atoms with E-state index >= 15 is 0 Å². The molecule has 0 radical (unpaired) electrons. The largest absolute Gasteiger partial charge is 0.486 e. The van der Waals surface area contributed by atoms with E-state index in [1.165, 1.54) is 22.6 Å². The molecule has 0 aromatic carbocycles. The summed E-state index contributed by atoms with van der Waals surface area (Å²) >= 11 is 1.83. The smallest absolute Gasteiger partial charge is 0.142 e. The quantitative estimate of drug-likeness (QED) is 0.843. The maximum absolute atomic E-state index is 6.00. The van der Waals surface area contributed by atoms with Crippen LogP contribution in [0.2, 0.25) is 0 Å². The van der Waals surface area contributed by atoms with Crippen molar-refractivity contribution < 1.29 is 4.74 Å². The van der Waals surface area contributed by atoms with Gasteiger partial charge in [0.2, 0.25) is 0 Å². The van der Waals surface area contributed by atoms with Crippen LogP contribution in [0.3, 0.4) is 0 Å². The van der Waals surface area contributed by atoms with Crippen molar-refractivity contribution >= 4 is 11.3 Å². The fourth-order valence-corrected chi connectivity index (χ4v) is 3.09. The van der Waals surface area contributed by atoms with Crippen LogP contribution >= 0.6 is 11.3 Å². The lowest BCUT2D eigenvalue weighted by molar-refractivity contribution is 0.303. The molecule has 4 heteroatoms. The van der Waals surface area contributed by atoms with Gasteiger partial charge in [0, 0.05) is 28.0 Å². The molecule has 0 atom stereocenters. The van der Waals surface area contributed by atoms with Crippen molar-refractivity contribution in [3.63, 3.8) is 0 Å². The maximum atomic E-state index is 6.00. The van der Waals surface area contributed by atoms with Gasteiger partial charge in [0.1, 0.15) is 12.4 Å². The molecular weight excluding hydrogens is 280 g/mol. The number of nitrogens with one attached hydrogen (secondary N) is 1. The number of hydrogen-bond donors (Lipinski definition) is 1. The highest BCUT2D eigenvalue weighted by molar-refractivity contribution is 7.11. The molecule has 1 saturated carbocycles. The summed E-state index contributed by atoms with van der Waals surface area (Å²) in [5, 5.41) is 3.51. The van der Waals surface area contributed by atoms with Crippen molar-refractivity contribution in [1.82, 2.24) is 10.3 Å². The predicted octanol–water partition coefficient (Wildman–Crippen LogP) is 3.84. The fraction of sp³-hybridized carbons (Fsp3) is 0.471. The summed E-state index contributed by atoms with van der Waals surface area (Å²) in [7, 11) is 0. The van der Waals surface area contributed by atoms with Crippen LogP contribution < -0.4 is 10.1 Å². The number of pyridine rings is 1. The third kappa shape index (κ3) is 4.05. The Kier molecular flexibility index (Phi) is 4.56. The van der Waals surface area contributed by atoms with E-state index in [4.69, 9.17) is 4.74 Å². The lowest BCUT2D eigenvalue weighted by atomic mass is 10.2. The summed E-state index contributed by atoms with van der Waals surface area (Å²) in [5.74, 6) is 0.903. The SMILES string of the molecule is CCc1ccc(COc2ccc(C)nc2CNC2CC2)s1. The number of aromatic nitrogens is 1. The highest BCUT2D eigenvalue weighted by Crippen LogP contribution is 2.24. The Hall–Kier alpha value is -1.39. The Labute approximate surface area is 130 Å². The minimum Gasteiger partial charge on any atom is -0.486 e. The highest BCUT2D eigenvalue weighted by atomic mass is 32.1. The van der Waals surface area contributed by atoms with E-state index in [1.807, 2.05) is 30.4 Å². The first-order chi connectivity index (χ1) is 10.2. The van der Waals surface area contributed by atoms with E-state index in [2.05, 4.69) is 29.4 Å². The van der Waals surface area contributed by atoms with Gasteiger partial charge in [-0.1, -0.05) is 6.92 Å². The zero-order valence-corrected chi connectivity index (χ0v) is 13.5. The van der Waals surface area contributed by atoms with E-state index < -0.39 is 0 Å². The lowest BCUT2D eigenvalue weighted by Crippen LogP contribution is -2.17. The topological polar surface area (TPSA) is 34.1 Å². The second-order valence-corrected chi connectivity index (χ2v) is 6.82. The van der Waals surface area contributed by atoms with Crippen molar-refractivity contribution in [3.8, 4) is 5.75 Å². The van der Waals surface area contributed by atoms with Gasteiger partial charge in [-0.15, -0.1) is 11.3 Å². The second kappa shape index (κ2) is 6.58. The van der Waals surface area contributed by atoms with Gasteiger partial charge in [0.25, 0.3) is 0 Å². The second-order valence-electron chi connectivity index (χ2n) is 5.56. The standard InChI is InChI=1S/C17H22N2OS/c1-3-14-7-8-15(21-14)11-20-17-9-4-12(2)19-16(17)10-18-13-5-6-13/h4,7-9,13,18H,3,5-6,10-11H2,1-2H3. The van der Waals surface area contributed by atoms with Gasteiger partial charge in [-0.25, -0.2) is 0 Å². The average molecular weight is 302 g/mol. The summed E-state index contributed by atoms with van der Waals surface area (Å²) in [5.41, 5.74) is 2.06. The Bertz CT molecular complexity index is 605. The van der Waals surface area contributed by atoms with Crippen LogP contribution in [-0.4, -0.2) is 11.0 Å². The number of aryl methyl sites for hydroxylation is 2. The monoisotopic (exact) mass is 302 g/mol. The summed E-state index contributed by atoms with van der Waals surface area (Å²) in [6.45, 7) is 5.64. The number of ether oxygens (including phenoxy) is 1. The molecule has 112 valence electrons. The molecule has 0 aliphatic heterocycles. The van der Waals surface area contributed by atoms with Gasteiger partial charge < -0.3 is 10.1 Å². The fourth-order valence-electron chi connectivity index (χ4n) is 2.22. The lowest BCUT2D eigenvalue weighted by Gasteiger charge is -2.11. The predicted molar refractivity (Wildman–Crippen MR) is 86.9 cm³/mol. The Morgan fingerprint density at radius 1 is 1.24 bits per heavy atom. The van der Waals surface area contributed by atoms with Crippen molar-refractivity contribution in [2.24, 2.45) is 0 Å². The van der Waals surface area contributed by atoms with Gasteiger partial charge in [0.05, 0.1) is 5.69 Å². The molecule has 0 spiro atoms. The van der Waals surface area contributed by atoms with Crippen LogP contribution in [0.4, 0.5) is 0 Å². The van der Waals surface area contributed by atoms with Crippen LogP contribution in [0.15, 0.2) is 24.3 Å². The van der Waals surface area contributed by atoms with Gasteiger partial charge in [0.15, 0.2) is 0 Å². The Balaban J connectivity index is 1.65. The molecular formula is C17H22N2OS. The normalized spacial score (nSPS) is 14.4. The molecule has 3 nitrogen and oxygen atoms in total. The molecule has 2 heterocycles. The zero-order valence-electron chi connectivity index (χ0n) is 12.7. The van der Waals surface area contributed by atoms with E-state index in [0.717, 1.165) is 30.1 Å². The molecule has 2 aromatic rings. The number of thiophene rings is 1. The molecule has 0 bridgehead atoms. The molecule has 0 saturated heterocycles. The summed E-state index contributed by atoms with van der Waals surface area (Å²) in [6, 6.07) is 9.09.